The van der Waals surface area contributed by atoms with Crippen LogP contribution in [-0.2, 0) is 9.59 Å². The first-order valence-corrected chi connectivity index (χ1v) is 11.9. The summed E-state index contributed by atoms with van der Waals surface area (Å²) in [6, 6.07) is 0. The number of hydrogen-bond acceptors (Lipinski definition) is 4. The van der Waals surface area contributed by atoms with E-state index < -0.39 is 17.4 Å². The van der Waals surface area contributed by atoms with Crippen LogP contribution in [0.2, 0.25) is 0 Å². The van der Waals surface area contributed by atoms with Crippen LogP contribution in [0.1, 0.15) is 136 Å². The summed E-state index contributed by atoms with van der Waals surface area (Å²) in [7, 11) is 0. The standard InChI is InChI=1S/C24H46O4.K.Na/c1-3-5-7-9-11-12-13-15-17-19-21-24(22(25)26,23(27)28)20-18-16-14-10-8-6-4-2;;/h3-21H2,1-2H3,(H,25,26)(H,27,28);;/q;2*+1/p-2. The van der Waals surface area contributed by atoms with Crippen LogP contribution in [0.4, 0.5) is 0 Å². The molecule has 0 saturated carbocycles. The van der Waals surface area contributed by atoms with Crippen molar-refractivity contribution in [2.45, 2.75) is 136 Å². The van der Waals surface area contributed by atoms with Crippen molar-refractivity contribution < 1.29 is 101 Å². The Morgan fingerprint density at radius 3 is 1.00 bits per heavy atom. The maximum Gasteiger partial charge on any atom is 1.00 e. The van der Waals surface area contributed by atoms with E-state index in [2.05, 4.69) is 13.8 Å². The molecule has 0 saturated heterocycles. The molecule has 6 heteroatoms. The Labute approximate surface area is 250 Å². The Morgan fingerprint density at radius 1 is 0.533 bits per heavy atom. The molecule has 0 N–H and O–H groups in total. The Bertz CT molecular complexity index is 391. The average molecular weight is 459 g/mol. The summed E-state index contributed by atoms with van der Waals surface area (Å²) in [5.41, 5.74) is -1.80. The fourth-order valence-corrected chi connectivity index (χ4v) is 3.91. The fraction of sp³-hybridized carbons (Fsp3) is 0.917. The van der Waals surface area contributed by atoms with E-state index in [0.29, 0.717) is 12.8 Å². The quantitative estimate of drug-likeness (QED) is 0.125. The number of carbonyl (C=O) groups excluding carboxylic acids is 2. The summed E-state index contributed by atoms with van der Waals surface area (Å²) in [6.07, 6.45) is 18.9. The average Bonchev–Trinajstić information content (AvgIpc) is 2.66. The molecule has 0 aliphatic heterocycles. The van der Waals surface area contributed by atoms with Gasteiger partial charge in [-0.1, -0.05) is 123 Å². The van der Waals surface area contributed by atoms with E-state index in [1.807, 2.05) is 0 Å². The summed E-state index contributed by atoms with van der Waals surface area (Å²) in [5, 5.41) is 23.3. The number of unbranched alkanes of at least 4 members (excludes halogenated alkanes) is 15. The van der Waals surface area contributed by atoms with Crippen molar-refractivity contribution in [1.29, 1.82) is 0 Å². The van der Waals surface area contributed by atoms with Gasteiger partial charge in [-0.2, -0.15) is 0 Å². The molecular weight excluding hydrogens is 414 g/mol. The maximum absolute atomic E-state index is 11.6. The molecule has 0 heterocycles. The van der Waals surface area contributed by atoms with Crippen LogP contribution in [0.5, 0.6) is 0 Å². The van der Waals surface area contributed by atoms with Crippen molar-refractivity contribution in [3.05, 3.63) is 0 Å². The van der Waals surface area contributed by atoms with E-state index in [-0.39, 0.29) is 93.8 Å². The van der Waals surface area contributed by atoms with Gasteiger partial charge in [0.15, 0.2) is 0 Å². The van der Waals surface area contributed by atoms with Crippen molar-refractivity contribution in [3.63, 3.8) is 0 Å². The second-order valence-corrected chi connectivity index (χ2v) is 8.46. The number of rotatable bonds is 21. The van der Waals surface area contributed by atoms with Gasteiger partial charge in [-0.15, -0.1) is 0 Å². The monoisotopic (exact) mass is 458 g/mol. The predicted octanol–water partition coefficient (Wildman–Crippen LogP) is -1.07. The normalized spacial score (nSPS) is 10.9. The third-order valence-electron chi connectivity index (χ3n) is 5.95. The number of aliphatic carboxylic acids is 2. The van der Waals surface area contributed by atoms with E-state index in [1.165, 1.54) is 57.8 Å². The third kappa shape index (κ3) is 18.1. The minimum atomic E-state index is -1.80. The SMILES string of the molecule is CCCCCCCCCCCCC(CCCCCCCCC)(C(=O)[O-])C(=O)[O-].[K+].[Na+]. The molecule has 30 heavy (non-hydrogen) atoms. The molecule has 166 valence electrons. The molecule has 0 aromatic rings. The van der Waals surface area contributed by atoms with Crippen LogP contribution in [0.25, 0.3) is 0 Å². The van der Waals surface area contributed by atoms with Gasteiger partial charge in [0.05, 0.1) is 11.9 Å². The zero-order chi connectivity index (χ0) is 21.1. The van der Waals surface area contributed by atoms with Crippen molar-refractivity contribution in [2.75, 3.05) is 0 Å². The molecule has 0 atom stereocenters. The van der Waals surface area contributed by atoms with Crippen molar-refractivity contribution >= 4 is 11.9 Å². The second kappa shape index (κ2) is 25.2. The zero-order valence-electron chi connectivity index (χ0n) is 20.6. The predicted molar refractivity (Wildman–Crippen MR) is 112 cm³/mol. The number of carbonyl (C=O) groups is 2. The largest absolute Gasteiger partial charge is 1.00 e. The number of hydrogen-bond donors (Lipinski definition) is 0. The Morgan fingerprint density at radius 2 is 0.767 bits per heavy atom. The molecule has 0 spiro atoms. The molecule has 0 rings (SSSR count). The first-order valence-electron chi connectivity index (χ1n) is 11.9. The van der Waals surface area contributed by atoms with E-state index >= 15 is 0 Å². The van der Waals surface area contributed by atoms with Crippen LogP contribution in [-0.4, -0.2) is 11.9 Å². The summed E-state index contributed by atoms with van der Waals surface area (Å²) in [5.74, 6) is -2.93. The van der Waals surface area contributed by atoms with Crippen molar-refractivity contribution in [3.8, 4) is 0 Å². The third-order valence-corrected chi connectivity index (χ3v) is 5.95. The topological polar surface area (TPSA) is 80.3 Å². The Kier molecular flexibility index (Phi) is 30.4. The van der Waals surface area contributed by atoms with Crippen LogP contribution < -0.4 is 91.2 Å². The first kappa shape index (κ1) is 36.2. The summed E-state index contributed by atoms with van der Waals surface area (Å²) in [6.45, 7) is 4.38. The van der Waals surface area contributed by atoms with Gasteiger partial charge < -0.3 is 19.8 Å². The van der Waals surface area contributed by atoms with Gasteiger partial charge >= 0.3 is 80.9 Å². The zero-order valence-corrected chi connectivity index (χ0v) is 25.7. The molecule has 0 aromatic heterocycles. The molecule has 0 aromatic carbocycles. The van der Waals surface area contributed by atoms with Crippen LogP contribution in [0, 0.1) is 5.41 Å². The van der Waals surface area contributed by atoms with Crippen LogP contribution in [0.15, 0.2) is 0 Å². The molecule has 0 fully saturated rings. The molecule has 0 radical (unpaired) electrons. The molecule has 0 aliphatic carbocycles. The minimum absolute atomic E-state index is 0. The summed E-state index contributed by atoms with van der Waals surface area (Å²) >= 11 is 0. The molecule has 4 nitrogen and oxygen atoms in total. The van der Waals surface area contributed by atoms with Gasteiger partial charge in [0.2, 0.25) is 0 Å². The number of carboxylic acid groups (broad SMARTS) is 2. The molecular formula is C24H44KNaO4. The molecule has 0 amide bonds. The van der Waals surface area contributed by atoms with Crippen molar-refractivity contribution in [2.24, 2.45) is 5.41 Å². The molecule has 0 unspecified atom stereocenters. The van der Waals surface area contributed by atoms with Gasteiger partial charge in [-0.3, -0.25) is 0 Å². The van der Waals surface area contributed by atoms with E-state index in [0.717, 1.165) is 38.5 Å². The van der Waals surface area contributed by atoms with Gasteiger partial charge in [0.25, 0.3) is 0 Å². The molecule has 0 bridgehead atoms. The van der Waals surface area contributed by atoms with Gasteiger partial charge in [-0.05, 0) is 12.8 Å². The maximum atomic E-state index is 11.6. The van der Waals surface area contributed by atoms with Gasteiger partial charge in [0, 0.05) is 5.41 Å². The Balaban J connectivity index is -0.00000364. The van der Waals surface area contributed by atoms with E-state index in [4.69, 9.17) is 0 Å². The second-order valence-electron chi connectivity index (χ2n) is 8.46. The van der Waals surface area contributed by atoms with E-state index in [9.17, 15) is 19.8 Å². The van der Waals surface area contributed by atoms with E-state index in [1.54, 1.807) is 0 Å². The van der Waals surface area contributed by atoms with Crippen LogP contribution >= 0.6 is 0 Å². The smallest absolute Gasteiger partial charge is 0.549 e. The molecule has 0 aliphatic rings. The number of carboxylic acids is 2. The minimum Gasteiger partial charge on any atom is -0.549 e. The first-order chi connectivity index (χ1) is 13.5. The van der Waals surface area contributed by atoms with Crippen LogP contribution in [0.3, 0.4) is 0 Å². The van der Waals surface area contributed by atoms with Gasteiger partial charge in [-0.25, -0.2) is 0 Å². The Hall–Kier alpha value is 1.58. The summed E-state index contributed by atoms with van der Waals surface area (Å²) in [4.78, 5) is 23.3. The summed E-state index contributed by atoms with van der Waals surface area (Å²) < 4.78 is 0. The van der Waals surface area contributed by atoms with Gasteiger partial charge in [0.1, 0.15) is 0 Å². The fourth-order valence-electron chi connectivity index (χ4n) is 3.91. The van der Waals surface area contributed by atoms with Crippen molar-refractivity contribution in [1.82, 2.24) is 0 Å².